The van der Waals surface area contributed by atoms with Crippen molar-refractivity contribution in [2.45, 2.75) is 19.9 Å². The summed E-state index contributed by atoms with van der Waals surface area (Å²) in [5.41, 5.74) is 3.40. The Labute approximate surface area is 145 Å². The molecule has 2 heterocycles. The fraction of sp³-hybridized carbons (Fsp3) is 0.412. The summed E-state index contributed by atoms with van der Waals surface area (Å²) in [5, 5.41) is 3.87. The number of thiazole rings is 1. The van der Waals surface area contributed by atoms with E-state index in [1.54, 1.807) is 23.5 Å². The van der Waals surface area contributed by atoms with E-state index in [1.165, 1.54) is 0 Å². The molecule has 0 saturated carbocycles. The third-order valence-corrected chi connectivity index (χ3v) is 5.46. The lowest BCUT2D eigenvalue weighted by Gasteiger charge is -2.25. The Bertz CT molecular complexity index is 682. The van der Waals surface area contributed by atoms with Crippen LogP contribution >= 0.6 is 22.9 Å². The first-order valence-corrected chi connectivity index (χ1v) is 9.04. The lowest BCUT2D eigenvalue weighted by atomic mass is 10.1. The molecule has 23 heavy (non-hydrogen) atoms. The van der Waals surface area contributed by atoms with Crippen molar-refractivity contribution in [2.24, 2.45) is 5.92 Å². The zero-order valence-electron chi connectivity index (χ0n) is 13.1. The second-order valence-corrected chi connectivity index (χ2v) is 7.23. The molecule has 1 aliphatic heterocycles. The molecular formula is C17H20ClN3OS. The molecule has 4 nitrogen and oxygen atoms in total. The maximum Gasteiger partial charge on any atom is 0.255 e. The third kappa shape index (κ3) is 3.91. The molecule has 2 aromatic rings. The van der Waals surface area contributed by atoms with E-state index < -0.39 is 0 Å². The monoisotopic (exact) mass is 349 g/mol. The lowest BCUT2D eigenvalue weighted by molar-refractivity contribution is 0.0720. The molecule has 1 fully saturated rings. The molecular weight excluding hydrogens is 330 g/mol. The summed E-state index contributed by atoms with van der Waals surface area (Å²) >= 11 is 7.82. The van der Waals surface area contributed by atoms with E-state index in [0.29, 0.717) is 23.0 Å². The average Bonchev–Trinajstić information content (AvgIpc) is 3.19. The normalized spacial score (nSPS) is 17.4. The van der Waals surface area contributed by atoms with Gasteiger partial charge in [0, 0.05) is 11.4 Å². The zero-order chi connectivity index (χ0) is 16.2. The third-order valence-electron chi connectivity index (χ3n) is 4.21. The Hall–Kier alpha value is -1.43. The number of nitrogens with one attached hydrogen (secondary N) is 1. The second-order valence-electron chi connectivity index (χ2n) is 5.89. The molecule has 1 aromatic carbocycles. The summed E-state index contributed by atoms with van der Waals surface area (Å²) in [6, 6.07) is 7.26. The number of aryl methyl sites for hydroxylation is 1. The van der Waals surface area contributed by atoms with E-state index in [4.69, 9.17) is 11.6 Å². The summed E-state index contributed by atoms with van der Waals surface area (Å²) in [6.07, 6.45) is 1.11. The van der Waals surface area contributed by atoms with Crippen molar-refractivity contribution in [2.75, 3.05) is 19.6 Å². The molecule has 0 bridgehead atoms. The van der Waals surface area contributed by atoms with Crippen LogP contribution in [-0.4, -0.2) is 35.4 Å². The average molecular weight is 350 g/mol. The standard InChI is InChI=1S/C17H20ClN3OS/c1-12-16(23-11-20-12)10-21(9-13-6-7-19-8-13)17(22)14-4-2-3-5-15(14)18/h2-5,11,13,19H,6-10H2,1H3/t13-/m1/s1. The Balaban J connectivity index is 1.83. The number of rotatable bonds is 5. The van der Waals surface area contributed by atoms with Crippen LogP contribution in [0.5, 0.6) is 0 Å². The minimum absolute atomic E-state index is 0.00435. The molecule has 1 aliphatic rings. The molecule has 0 spiro atoms. The fourth-order valence-electron chi connectivity index (χ4n) is 2.86. The van der Waals surface area contributed by atoms with Crippen molar-refractivity contribution in [3.05, 3.63) is 50.9 Å². The first kappa shape index (κ1) is 16.4. The van der Waals surface area contributed by atoms with Crippen LogP contribution in [0.3, 0.4) is 0 Å². The minimum Gasteiger partial charge on any atom is -0.333 e. The Morgan fingerprint density at radius 3 is 2.96 bits per heavy atom. The quantitative estimate of drug-likeness (QED) is 0.900. The number of carbonyl (C=O) groups excluding carboxylic acids is 1. The Morgan fingerprint density at radius 2 is 2.30 bits per heavy atom. The highest BCUT2D eigenvalue weighted by Crippen LogP contribution is 2.22. The van der Waals surface area contributed by atoms with Gasteiger partial charge in [-0.3, -0.25) is 4.79 Å². The van der Waals surface area contributed by atoms with Gasteiger partial charge in [0.25, 0.3) is 5.91 Å². The molecule has 0 radical (unpaired) electrons. The van der Waals surface area contributed by atoms with E-state index in [9.17, 15) is 4.79 Å². The van der Waals surface area contributed by atoms with Crippen molar-refractivity contribution >= 4 is 28.8 Å². The van der Waals surface area contributed by atoms with Crippen molar-refractivity contribution in [3.63, 3.8) is 0 Å². The topological polar surface area (TPSA) is 45.2 Å². The van der Waals surface area contributed by atoms with Crippen LogP contribution in [0, 0.1) is 12.8 Å². The van der Waals surface area contributed by atoms with Crippen LogP contribution in [0.25, 0.3) is 0 Å². The van der Waals surface area contributed by atoms with Crippen molar-refractivity contribution in [1.29, 1.82) is 0 Å². The summed E-state index contributed by atoms with van der Waals surface area (Å²) < 4.78 is 0. The van der Waals surface area contributed by atoms with E-state index in [2.05, 4.69) is 10.3 Å². The highest BCUT2D eigenvalue weighted by molar-refractivity contribution is 7.09. The van der Waals surface area contributed by atoms with Gasteiger partial charge in [0.2, 0.25) is 0 Å². The first-order valence-electron chi connectivity index (χ1n) is 7.78. The molecule has 1 amide bonds. The smallest absolute Gasteiger partial charge is 0.255 e. The summed E-state index contributed by atoms with van der Waals surface area (Å²) in [4.78, 5) is 20.3. The molecule has 122 valence electrons. The van der Waals surface area contributed by atoms with Gasteiger partial charge in [0.05, 0.1) is 28.3 Å². The van der Waals surface area contributed by atoms with Crippen LogP contribution in [0.4, 0.5) is 0 Å². The predicted octanol–water partition coefficient (Wildman–Crippen LogP) is 3.36. The van der Waals surface area contributed by atoms with Gasteiger partial charge in [0.15, 0.2) is 0 Å². The SMILES string of the molecule is Cc1ncsc1CN(C[C@@H]1CCNC1)C(=O)c1ccccc1Cl. The van der Waals surface area contributed by atoms with Crippen LogP contribution in [-0.2, 0) is 6.54 Å². The fourth-order valence-corrected chi connectivity index (χ4v) is 3.87. The van der Waals surface area contributed by atoms with Gasteiger partial charge >= 0.3 is 0 Å². The number of benzene rings is 1. The maximum absolute atomic E-state index is 13.0. The number of halogens is 1. The Morgan fingerprint density at radius 1 is 1.48 bits per heavy atom. The van der Waals surface area contributed by atoms with Gasteiger partial charge < -0.3 is 10.2 Å². The molecule has 1 saturated heterocycles. The van der Waals surface area contributed by atoms with E-state index in [0.717, 1.165) is 36.6 Å². The van der Waals surface area contributed by atoms with Crippen LogP contribution in [0.2, 0.25) is 5.02 Å². The number of carbonyl (C=O) groups is 1. The largest absolute Gasteiger partial charge is 0.333 e. The maximum atomic E-state index is 13.0. The number of nitrogens with zero attached hydrogens (tertiary/aromatic N) is 2. The van der Waals surface area contributed by atoms with Gasteiger partial charge in [0.1, 0.15) is 0 Å². The van der Waals surface area contributed by atoms with Crippen molar-refractivity contribution in [1.82, 2.24) is 15.2 Å². The molecule has 0 unspecified atom stereocenters. The number of hydrogen-bond acceptors (Lipinski definition) is 4. The summed E-state index contributed by atoms with van der Waals surface area (Å²) in [5.74, 6) is 0.491. The van der Waals surface area contributed by atoms with E-state index >= 15 is 0 Å². The molecule has 1 N–H and O–H groups in total. The van der Waals surface area contributed by atoms with E-state index in [-0.39, 0.29) is 5.91 Å². The van der Waals surface area contributed by atoms with Crippen molar-refractivity contribution < 1.29 is 4.79 Å². The summed E-state index contributed by atoms with van der Waals surface area (Å²) in [6.45, 7) is 5.32. The second kappa shape index (κ2) is 7.43. The van der Waals surface area contributed by atoms with Gasteiger partial charge in [-0.1, -0.05) is 23.7 Å². The van der Waals surface area contributed by atoms with Gasteiger partial charge in [-0.15, -0.1) is 11.3 Å². The van der Waals surface area contributed by atoms with Gasteiger partial charge in [-0.05, 0) is 44.5 Å². The molecule has 6 heteroatoms. The molecule has 0 aliphatic carbocycles. The molecule has 1 aromatic heterocycles. The summed E-state index contributed by atoms with van der Waals surface area (Å²) in [7, 11) is 0. The van der Waals surface area contributed by atoms with Crippen LogP contribution in [0.15, 0.2) is 29.8 Å². The zero-order valence-corrected chi connectivity index (χ0v) is 14.7. The number of aromatic nitrogens is 1. The van der Waals surface area contributed by atoms with Crippen LogP contribution in [0.1, 0.15) is 27.3 Å². The highest BCUT2D eigenvalue weighted by atomic mass is 35.5. The lowest BCUT2D eigenvalue weighted by Crippen LogP contribution is -2.35. The van der Waals surface area contributed by atoms with Crippen molar-refractivity contribution in [3.8, 4) is 0 Å². The minimum atomic E-state index is -0.00435. The van der Waals surface area contributed by atoms with Gasteiger partial charge in [-0.25, -0.2) is 4.98 Å². The van der Waals surface area contributed by atoms with E-state index in [1.807, 2.05) is 29.5 Å². The number of amides is 1. The predicted molar refractivity (Wildman–Crippen MR) is 94.0 cm³/mol. The highest BCUT2D eigenvalue weighted by Gasteiger charge is 2.24. The Kier molecular flexibility index (Phi) is 5.30. The molecule has 1 atom stereocenters. The molecule has 3 rings (SSSR count). The number of hydrogen-bond donors (Lipinski definition) is 1. The first-order chi connectivity index (χ1) is 11.1. The van der Waals surface area contributed by atoms with Crippen LogP contribution < -0.4 is 5.32 Å². The van der Waals surface area contributed by atoms with Gasteiger partial charge in [-0.2, -0.15) is 0 Å².